The van der Waals surface area contributed by atoms with Crippen LogP contribution in [0.2, 0.25) is 5.02 Å². The first-order valence-electron chi connectivity index (χ1n) is 7.81. The minimum Gasteiger partial charge on any atom is -0.496 e. The van der Waals surface area contributed by atoms with Gasteiger partial charge in [0.15, 0.2) is 12.4 Å². The van der Waals surface area contributed by atoms with E-state index in [1.807, 2.05) is 0 Å². The summed E-state index contributed by atoms with van der Waals surface area (Å²) in [5.41, 5.74) is 0.537. The highest BCUT2D eigenvalue weighted by Crippen LogP contribution is 2.26. The van der Waals surface area contributed by atoms with Crippen LogP contribution in [0.25, 0.3) is 0 Å². The third-order valence-electron chi connectivity index (χ3n) is 3.70. The summed E-state index contributed by atoms with van der Waals surface area (Å²) < 4.78 is 23.8. The molecule has 1 aliphatic heterocycles. The summed E-state index contributed by atoms with van der Waals surface area (Å²) in [4.78, 5) is 18.7. The molecule has 0 radical (unpaired) electrons. The van der Waals surface area contributed by atoms with Gasteiger partial charge < -0.3 is 14.3 Å². The lowest BCUT2D eigenvalue weighted by Gasteiger charge is -2.27. The molecule has 0 fully saturated rings. The van der Waals surface area contributed by atoms with Crippen molar-refractivity contribution in [2.75, 3.05) is 26.9 Å². The Balaban J connectivity index is 1.76. The number of methoxy groups -OCH3 is 1. The molecule has 0 spiro atoms. The van der Waals surface area contributed by atoms with Crippen LogP contribution in [-0.4, -0.2) is 43.5 Å². The smallest absolute Gasteiger partial charge is 0.269 e. The largest absolute Gasteiger partial charge is 0.496 e. The highest BCUT2D eigenvalue weighted by Gasteiger charge is 2.28. The van der Waals surface area contributed by atoms with Gasteiger partial charge in [0.25, 0.3) is 5.91 Å². The highest BCUT2D eigenvalue weighted by molar-refractivity contribution is 6.31. The Morgan fingerprint density at radius 3 is 2.77 bits per heavy atom. The van der Waals surface area contributed by atoms with Crippen molar-refractivity contribution >= 4 is 23.3 Å². The number of halogens is 2. The predicted molar refractivity (Wildman–Crippen MR) is 94.1 cm³/mol. The van der Waals surface area contributed by atoms with Gasteiger partial charge in [-0.1, -0.05) is 16.8 Å². The highest BCUT2D eigenvalue weighted by atomic mass is 35.5. The fourth-order valence-corrected chi connectivity index (χ4v) is 2.63. The molecule has 1 amide bonds. The number of carbonyl (C=O) groups excluding carboxylic acids is 1. The summed E-state index contributed by atoms with van der Waals surface area (Å²) in [6, 6.07) is 10.7. The van der Waals surface area contributed by atoms with Gasteiger partial charge >= 0.3 is 0 Å². The van der Waals surface area contributed by atoms with E-state index in [4.69, 9.17) is 25.9 Å². The molecular formula is C18H16ClFN2O4. The van der Waals surface area contributed by atoms with E-state index >= 15 is 0 Å². The molecule has 3 rings (SSSR count). The van der Waals surface area contributed by atoms with Crippen LogP contribution in [0.4, 0.5) is 4.39 Å². The van der Waals surface area contributed by atoms with Crippen LogP contribution in [0.15, 0.2) is 47.6 Å². The molecule has 0 unspecified atom stereocenters. The molecule has 1 aliphatic rings. The zero-order chi connectivity index (χ0) is 18.5. The Morgan fingerprint density at radius 2 is 2.04 bits per heavy atom. The number of nitrogens with zero attached hydrogens (tertiary/aromatic N) is 2. The first-order chi connectivity index (χ1) is 12.6. The zero-order valence-corrected chi connectivity index (χ0v) is 14.7. The fourth-order valence-electron chi connectivity index (χ4n) is 2.46. The lowest BCUT2D eigenvalue weighted by molar-refractivity contribution is -0.134. The van der Waals surface area contributed by atoms with E-state index in [1.165, 1.54) is 36.3 Å². The van der Waals surface area contributed by atoms with E-state index < -0.39 is 0 Å². The maximum absolute atomic E-state index is 12.9. The van der Waals surface area contributed by atoms with Crippen molar-refractivity contribution in [1.29, 1.82) is 0 Å². The monoisotopic (exact) mass is 378 g/mol. The van der Waals surface area contributed by atoms with Crippen molar-refractivity contribution in [2.24, 2.45) is 5.16 Å². The second-order valence-electron chi connectivity index (χ2n) is 5.38. The van der Waals surface area contributed by atoms with Crippen LogP contribution >= 0.6 is 11.6 Å². The molecule has 1 heterocycles. The van der Waals surface area contributed by atoms with Gasteiger partial charge in [-0.25, -0.2) is 4.39 Å². The van der Waals surface area contributed by atoms with Crippen molar-refractivity contribution in [1.82, 2.24) is 4.90 Å². The number of carbonyl (C=O) groups is 1. The van der Waals surface area contributed by atoms with Crippen LogP contribution in [0.5, 0.6) is 11.5 Å². The number of oxime groups is 1. The second-order valence-corrected chi connectivity index (χ2v) is 5.82. The summed E-state index contributed by atoms with van der Waals surface area (Å²) in [5, 5.41) is 4.47. The van der Waals surface area contributed by atoms with Gasteiger partial charge in [0.1, 0.15) is 23.9 Å². The number of hydrogen-bond acceptors (Lipinski definition) is 5. The van der Waals surface area contributed by atoms with Gasteiger partial charge in [0.2, 0.25) is 0 Å². The Labute approximate surface area is 154 Å². The van der Waals surface area contributed by atoms with Crippen LogP contribution in [0.1, 0.15) is 5.56 Å². The van der Waals surface area contributed by atoms with E-state index in [-0.39, 0.29) is 31.5 Å². The van der Waals surface area contributed by atoms with Crippen LogP contribution in [-0.2, 0) is 9.63 Å². The van der Waals surface area contributed by atoms with Crippen molar-refractivity contribution < 1.29 is 23.5 Å². The molecule has 8 heteroatoms. The van der Waals surface area contributed by atoms with Crippen molar-refractivity contribution in [3.05, 3.63) is 58.9 Å². The zero-order valence-electron chi connectivity index (χ0n) is 13.9. The first kappa shape index (κ1) is 18.0. The van der Waals surface area contributed by atoms with E-state index in [1.54, 1.807) is 18.2 Å². The van der Waals surface area contributed by atoms with Gasteiger partial charge in [-0.05, 0) is 42.5 Å². The topological polar surface area (TPSA) is 60.4 Å². The molecule has 0 aliphatic carbocycles. The van der Waals surface area contributed by atoms with E-state index in [0.29, 0.717) is 27.9 Å². The van der Waals surface area contributed by atoms with Crippen LogP contribution < -0.4 is 9.47 Å². The quantitative estimate of drug-likeness (QED) is 0.775. The van der Waals surface area contributed by atoms with E-state index in [0.717, 1.165) is 0 Å². The molecular weight excluding hydrogens is 363 g/mol. The average molecular weight is 379 g/mol. The van der Waals surface area contributed by atoms with Crippen molar-refractivity contribution in [3.63, 3.8) is 0 Å². The van der Waals surface area contributed by atoms with Gasteiger partial charge in [-0.15, -0.1) is 0 Å². The molecule has 0 saturated heterocycles. The van der Waals surface area contributed by atoms with Crippen LogP contribution in [0.3, 0.4) is 0 Å². The number of amidine groups is 1. The maximum Gasteiger partial charge on any atom is 0.269 e. The SMILES string of the molecule is COc1ccc(Cl)cc1C1=NOCC(=O)N1CCOc1ccc(F)cc1. The lowest BCUT2D eigenvalue weighted by atomic mass is 10.1. The molecule has 0 atom stereocenters. The Kier molecular flexibility index (Phi) is 5.58. The molecule has 6 nitrogen and oxygen atoms in total. The van der Waals surface area contributed by atoms with E-state index in [9.17, 15) is 9.18 Å². The average Bonchev–Trinajstić information content (AvgIpc) is 2.64. The third kappa shape index (κ3) is 4.05. The van der Waals surface area contributed by atoms with Gasteiger partial charge in [-0.2, -0.15) is 0 Å². The Hall–Kier alpha value is -2.80. The van der Waals surface area contributed by atoms with Gasteiger partial charge in [0.05, 0.1) is 19.2 Å². The number of rotatable bonds is 6. The minimum absolute atomic E-state index is 0.164. The van der Waals surface area contributed by atoms with Gasteiger partial charge in [-0.3, -0.25) is 9.69 Å². The molecule has 136 valence electrons. The van der Waals surface area contributed by atoms with Crippen LogP contribution in [0, 0.1) is 5.82 Å². The van der Waals surface area contributed by atoms with Crippen molar-refractivity contribution in [2.45, 2.75) is 0 Å². The molecule has 2 aromatic carbocycles. The number of benzene rings is 2. The lowest BCUT2D eigenvalue weighted by Crippen LogP contribution is -2.45. The molecule has 26 heavy (non-hydrogen) atoms. The molecule has 0 aromatic heterocycles. The molecule has 2 aromatic rings. The third-order valence-corrected chi connectivity index (χ3v) is 3.93. The summed E-state index contributed by atoms with van der Waals surface area (Å²) >= 11 is 6.06. The minimum atomic E-state index is -0.344. The summed E-state index contributed by atoms with van der Waals surface area (Å²) in [6.45, 7) is 0.260. The number of ether oxygens (including phenoxy) is 2. The normalized spacial score (nSPS) is 13.9. The number of hydrogen-bond donors (Lipinski definition) is 0. The Bertz CT molecular complexity index is 826. The first-order valence-corrected chi connectivity index (χ1v) is 8.19. The molecule has 0 N–H and O–H groups in total. The molecule has 0 bridgehead atoms. The summed E-state index contributed by atoms with van der Waals surface area (Å²) in [5.74, 6) is 0.702. The standard InChI is InChI=1S/C18H16ClFN2O4/c1-24-16-7-2-12(19)10-15(16)18-21-26-11-17(23)22(18)8-9-25-14-5-3-13(20)4-6-14/h2-7,10H,8-9,11H2,1H3. The molecule has 0 saturated carbocycles. The second kappa shape index (κ2) is 8.05. The van der Waals surface area contributed by atoms with Gasteiger partial charge in [0, 0.05) is 5.02 Å². The summed E-state index contributed by atoms with van der Waals surface area (Å²) in [6.07, 6.45) is 0. The van der Waals surface area contributed by atoms with E-state index in [2.05, 4.69) is 5.16 Å². The summed E-state index contributed by atoms with van der Waals surface area (Å²) in [7, 11) is 1.51. The Morgan fingerprint density at radius 1 is 1.27 bits per heavy atom. The predicted octanol–water partition coefficient (Wildman–Crippen LogP) is 3.09. The fraction of sp³-hybridized carbons (Fsp3) is 0.222. The number of amides is 1. The maximum atomic E-state index is 12.9. The van der Waals surface area contributed by atoms with Crippen molar-refractivity contribution in [3.8, 4) is 11.5 Å².